The van der Waals surface area contributed by atoms with Crippen LogP contribution in [0.2, 0.25) is 0 Å². The standard InChI is InChI=1S/C21H25N3O2/c1-26-14-15-10-11-24(13-15)21(25)22-18-9-8-17-7-6-16-4-2-3-5-19(16)23-20(17)12-18/h2-5,8-9,12,15,23H,6-7,10-11,13-14H2,1H3,(H,22,25)/t15-/m1/s1. The van der Waals surface area contributed by atoms with E-state index in [1.54, 1.807) is 7.11 Å². The lowest BCUT2D eigenvalue weighted by Crippen LogP contribution is -2.33. The lowest BCUT2D eigenvalue weighted by atomic mass is 10.0. The van der Waals surface area contributed by atoms with E-state index in [1.165, 1.54) is 11.1 Å². The number of para-hydroxylation sites is 1. The second kappa shape index (κ2) is 7.38. The van der Waals surface area contributed by atoms with Gasteiger partial charge < -0.3 is 20.3 Å². The van der Waals surface area contributed by atoms with E-state index in [2.05, 4.69) is 34.9 Å². The summed E-state index contributed by atoms with van der Waals surface area (Å²) >= 11 is 0. The van der Waals surface area contributed by atoms with Crippen molar-refractivity contribution in [1.82, 2.24) is 4.90 Å². The van der Waals surface area contributed by atoms with Gasteiger partial charge in [0.15, 0.2) is 0 Å². The zero-order valence-corrected chi connectivity index (χ0v) is 15.1. The number of fused-ring (bicyclic) bond motifs is 2. The topological polar surface area (TPSA) is 53.6 Å². The van der Waals surface area contributed by atoms with Crippen molar-refractivity contribution in [2.24, 2.45) is 5.92 Å². The van der Waals surface area contributed by atoms with E-state index < -0.39 is 0 Å². The number of nitrogens with one attached hydrogen (secondary N) is 2. The van der Waals surface area contributed by atoms with Gasteiger partial charge in [0.2, 0.25) is 0 Å². The largest absolute Gasteiger partial charge is 0.384 e. The Morgan fingerprint density at radius 1 is 1.19 bits per heavy atom. The summed E-state index contributed by atoms with van der Waals surface area (Å²) in [6.07, 6.45) is 3.03. The monoisotopic (exact) mass is 351 g/mol. The van der Waals surface area contributed by atoms with Crippen molar-refractivity contribution in [1.29, 1.82) is 0 Å². The Morgan fingerprint density at radius 2 is 2.00 bits per heavy atom. The Labute approximate surface area is 154 Å². The maximum Gasteiger partial charge on any atom is 0.321 e. The fourth-order valence-electron chi connectivity index (χ4n) is 3.85. The average Bonchev–Trinajstić information content (AvgIpc) is 3.03. The fourth-order valence-corrected chi connectivity index (χ4v) is 3.85. The number of amides is 2. The van der Waals surface area contributed by atoms with Gasteiger partial charge in [-0.2, -0.15) is 0 Å². The number of anilines is 3. The van der Waals surface area contributed by atoms with Crippen LogP contribution in [0.3, 0.4) is 0 Å². The molecule has 0 aliphatic carbocycles. The van der Waals surface area contributed by atoms with Crippen LogP contribution in [-0.4, -0.2) is 37.7 Å². The highest BCUT2D eigenvalue weighted by molar-refractivity contribution is 5.90. The predicted molar refractivity (Wildman–Crippen MR) is 104 cm³/mol. The van der Waals surface area contributed by atoms with Crippen LogP contribution >= 0.6 is 0 Å². The maximum absolute atomic E-state index is 12.6. The normalized spacial score (nSPS) is 18.5. The lowest BCUT2D eigenvalue weighted by Gasteiger charge is -2.18. The van der Waals surface area contributed by atoms with Crippen LogP contribution in [0, 0.1) is 5.92 Å². The summed E-state index contributed by atoms with van der Waals surface area (Å²) < 4.78 is 5.21. The number of likely N-dealkylation sites (tertiary alicyclic amines) is 1. The maximum atomic E-state index is 12.6. The summed E-state index contributed by atoms with van der Waals surface area (Å²) in [4.78, 5) is 14.4. The van der Waals surface area contributed by atoms with Crippen LogP contribution in [0.25, 0.3) is 0 Å². The van der Waals surface area contributed by atoms with Gasteiger partial charge in [0, 0.05) is 43.2 Å². The third kappa shape index (κ3) is 3.53. The van der Waals surface area contributed by atoms with Crippen molar-refractivity contribution >= 4 is 23.1 Å². The smallest absolute Gasteiger partial charge is 0.321 e. The number of benzene rings is 2. The summed E-state index contributed by atoms with van der Waals surface area (Å²) in [6.45, 7) is 2.26. The quantitative estimate of drug-likeness (QED) is 0.878. The minimum atomic E-state index is -0.0300. The van der Waals surface area contributed by atoms with E-state index in [0.29, 0.717) is 12.5 Å². The molecule has 4 rings (SSSR count). The minimum Gasteiger partial charge on any atom is -0.384 e. The van der Waals surface area contributed by atoms with Gasteiger partial charge in [0.25, 0.3) is 0 Å². The van der Waals surface area contributed by atoms with E-state index >= 15 is 0 Å². The lowest BCUT2D eigenvalue weighted by molar-refractivity contribution is 0.154. The van der Waals surface area contributed by atoms with Crippen molar-refractivity contribution in [3.8, 4) is 0 Å². The molecule has 5 nitrogen and oxygen atoms in total. The molecule has 2 aromatic carbocycles. The van der Waals surface area contributed by atoms with Gasteiger partial charge in [-0.3, -0.25) is 0 Å². The SMILES string of the molecule is COC[C@@H]1CCN(C(=O)Nc2ccc3c(c2)Nc2ccccc2CC3)C1. The number of hydrogen-bond donors (Lipinski definition) is 2. The first-order valence-electron chi connectivity index (χ1n) is 9.25. The summed E-state index contributed by atoms with van der Waals surface area (Å²) in [5, 5.41) is 6.58. The molecule has 0 radical (unpaired) electrons. The second-order valence-electron chi connectivity index (χ2n) is 7.14. The molecule has 2 aliphatic heterocycles. The molecule has 2 N–H and O–H groups in total. The molecule has 0 unspecified atom stereocenters. The van der Waals surface area contributed by atoms with Crippen LogP contribution in [0.4, 0.5) is 21.9 Å². The molecule has 0 spiro atoms. The van der Waals surface area contributed by atoms with E-state index in [1.807, 2.05) is 23.1 Å². The van der Waals surface area contributed by atoms with Crippen molar-refractivity contribution in [2.75, 3.05) is 37.4 Å². The number of carbonyl (C=O) groups excluding carboxylic acids is 1. The molecule has 136 valence electrons. The summed E-state index contributed by atoms with van der Waals surface area (Å²) in [5.74, 6) is 0.441. The Morgan fingerprint density at radius 3 is 2.85 bits per heavy atom. The summed E-state index contributed by atoms with van der Waals surface area (Å²) in [5.41, 5.74) is 5.66. The van der Waals surface area contributed by atoms with Crippen LogP contribution in [-0.2, 0) is 17.6 Å². The van der Waals surface area contributed by atoms with Crippen molar-refractivity contribution in [3.63, 3.8) is 0 Å². The molecule has 2 heterocycles. The number of urea groups is 1. The van der Waals surface area contributed by atoms with E-state index in [0.717, 1.165) is 49.4 Å². The Bertz CT molecular complexity index is 806. The van der Waals surface area contributed by atoms with E-state index in [9.17, 15) is 4.79 Å². The first-order chi connectivity index (χ1) is 12.7. The molecule has 5 heteroatoms. The number of ether oxygens (including phenoxy) is 1. The average molecular weight is 351 g/mol. The van der Waals surface area contributed by atoms with E-state index in [4.69, 9.17) is 4.74 Å². The van der Waals surface area contributed by atoms with Crippen molar-refractivity contribution in [3.05, 3.63) is 53.6 Å². The first kappa shape index (κ1) is 16.9. The molecule has 2 aromatic rings. The molecule has 1 atom stereocenters. The van der Waals surface area contributed by atoms with Crippen LogP contribution in [0.5, 0.6) is 0 Å². The number of hydrogen-bond acceptors (Lipinski definition) is 3. The summed E-state index contributed by atoms with van der Waals surface area (Å²) in [6, 6.07) is 14.5. The first-order valence-corrected chi connectivity index (χ1v) is 9.25. The van der Waals surface area contributed by atoms with Crippen molar-refractivity contribution < 1.29 is 9.53 Å². The molecule has 0 bridgehead atoms. The molecule has 1 saturated heterocycles. The molecular weight excluding hydrogens is 326 g/mol. The van der Waals surface area contributed by atoms with Crippen LogP contribution in [0.15, 0.2) is 42.5 Å². The van der Waals surface area contributed by atoms with Gasteiger partial charge in [-0.05, 0) is 48.6 Å². The predicted octanol–water partition coefficient (Wildman–Crippen LogP) is 4.03. The molecular formula is C21H25N3O2. The van der Waals surface area contributed by atoms with E-state index in [-0.39, 0.29) is 6.03 Å². The van der Waals surface area contributed by atoms with Gasteiger partial charge >= 0.3 is 6.03 Å². The molecule has 1 fully saturated rings. The number of nitrogens with zero attached hydrogens (tertiary/aromatic N) is 1. The molecule has 0 saturated carbocycles. The summed E-state index contributed by atoms with van der Waals surface area (Å²) in [7, 11) is 1.71. The molecule has 2 amide bonds. The third-order valence-electron chi connectivity index (χ3n) is 5.29. The zero-order valence-electron chi connectivity index (χ0n) is 15.1. The number of aryl methyl sites for hydroxylation is 2. The highest BCUT2D eigenvalue weighted by atomic mass is 16.5. The Balaban J connectivity index is 1.46. The fraction of sp³-hybridized carbons (Fsp3) is 0.381. The highest BCUT2D eigenvalue weighted by Crippen LogP contribution is 2.32. The molecule has 26 heavy (non-hydrogen) atoms. The number of rotatable bonds is 3. The van der Waals surface area contributed by atoms with Gasteiger partial charge in [0.05, 0.1) is 6.61 Å². The number of methoxy groups -OCH3 is 1. The number of carbonyl (C=O) groups is 1. The van der Waals surface area contributed by atoms with Gasteiger partial charge in [0.1, 0.15) is 0 Å². The van der Waals surface area contributed by atoms with Gasteiger partial charge in [-0.25, -0.2) is 4.79 Å². The third-order valence-corrected chi connectivity index (χ3v) is 5.29. The highest BCUT2D eigenvalue weighted by Gasteiger charge is 2.26. The Kier molecular flexibility index (Phi) is 4.80. The zero-order chi connectivity index (χ0) is 17.9. The molecule has 2 aliphatic rings. The Hall–Kier alpha value is -2.53. The second-order valence-corrected chi connectivity index (χ2v) is 7.14. The van der Waals surface area contributed by atoms with Gasteiger partial charge in [-0.1, -0.05) is 24.3 Å². The minimum absolute atomic E-state index is 0.0300. The van der Waals surface area contributed by atoms with Crippen LogP contribution < -0.4 is 10.6 Å². The van der Waals surface area contributed by atoms with Crippen LogP contribution in [0.1, 0.15) is 17.5 Å². The van der Waals surface area contributed by atoms with Gasteiger partial charge in [-0.15, -0.1) is 0 Å². The van der Waals surface area contributed by atoms with Crippen molar-refractivity contribution in [2.45, 2.75) is 19.3 Å². The molecule has 0 aromatic heterocycles.